The number of rotatable bonds is 5. The number of aromatic nitrogens is 1. The normalized spacial score (nSPS) is 12.8. The second-order valence-corrected chi connectivity index (χ2v) is 11.4. The molecule has 0 saturated heterocycles. The molecule has 1 aromatic heterocycles. The summed E-state index contributed by atoms with van der Waals surface area (Å²) in [6.45, 7) is 1.86. The highest BCUT2D eigenvalue weighted by Gasteiger charge is 2.28. The third kappa shape index (κ3) is 4.53. The molecule has 6 rings (SSSR count). The van der Waals surface area contributed by atoms with Gasteiger partial charge in [-0.2, -0.15) is 10.2 Å². The lowest BCUT2D eigenvalue weighted by Crippen LogP contribution is -2.12. The van der Waals surface area contributed by atoms with Crippen LogP contribution in [-0.2, 0) is 16.4 Å². The highest BCUT2D eigenvalue weighted by Crippen LogP contribution is 2.44. The summed E-state index contributed by atoms with van der Waals surface area (Å²) < 4.78 is 34.5. The van der Waals surface area contributed by atoms with E-state index in [0.717, 1.165) is 15.1 Å². The number of benzene rings is 4. The minimum Gasteiger partial charge on any atom is -0.456 e. The molecule has 0 bridgehead atoms. The van der Waals surface area contributed by atoms with E-state index in [0.29, 0.717) is 39.5 Å². The number of halogens is 1. The van der Waals surface area contributed by atoms with Crippen LogP contribution >= 0.6 is 11.6 Å². The topological polar surface area (TPSA) is 116 Å². The summed E-state index contributed by atoms with van der Waals surface area (Å²) in [7, 11) is -4.05. The molecular weight excluding hydrogens is 540 g/mol. The van der Waals surface area contributed by atoms with Crippen molar-refractivity contribution in [2.75, 3.05) is 0 Å². The summed E-state index contributed by atoms with van der Waals surface area (Å²) in [5, 5.41) is 21.4. The van der Waals surface area contributed by atoms with Crippen LogP contribution < -0.4 is 4.74 Å². The van der Waals surface area contributed by atoms with Gasteiger partial charge in [0, 0.05) is 34.7 Å². The summed E-state index contributed by atoms with van der Waals surface area (Å²) in [5.74, 6) is 0.702. The van der Waals surface area contributed by atoms with Gasteiger partial charge in [-0.05, 0) is 67.1 Å². The van der Waals surface area contributed by atoms with Crippen molar-refractivity contribution in [3.63, 3.8) is 0 Å². The van der Waals surface area contributed by atoms with Gasteiger partial charge in [0.1, 0.15) is 11.5 Å². The number of fused-ring (bicyclic) bond motifs is 1. The SMILES string of the molecule is Cc1ccc(S(=O)(=O)n2cc3c4c(cc([N+](=O)[O-])cc42)Oc2ccc(N=Nc4ccc(Cl)cc4)cc2C3)cc1. The Morgan fingerprint density at radius 1 is 0.897 bits per heavy atom. The number of aryl methyl sites for hydroxylation is 1. The van der Waals surface area contributed by atoms with Crippen LogP contribution in [0.25, 0.3) is 10.9 Å². The summed E-state index contributed by atoms with van der Waals surface area (Å²) in [6, 6.07) is 21.2. The van der Waals surface area contributed by atoms with E-state index in [2.05, 4.69) is 10.2 Å². The fourth-order valence-corrected chi connectivity index (χ4v) is 6.02. The third-order valence-corrected chi connectivity index (χ3v) is 8.38. The van der Waals surface area contributed by atoms with Crippen molar-refractivity contribution in [3.8, 4) is 11.5 Å². The van der Waals surface area contributed by atoms with Crippen molar-refractivity contribution in [2.45, 2.75) is 18.2 Å². The number of nitrogens with zero attached hydrogens (tertiary/aromatic N) is 4. The molecule has 4 aromatic carbocycles. The number of azo groups is 1. The van der Waals surface area contributed by atoms with Crippen molar-refractivity contribution < 1.29 is 18.1 Å². The molecule has 0 unspecified atom stereocenters. The van der Waals surface area contributed by atoms with E-state index in [-0.39, 0.29) is 21.8 Å². The van der Waals surface area contributed by atoms with Crippen LogP contribution in [0.1, 0.15) is 16.7 Å². The van der Waals surface area contributed by atoms with Crippen molar-refractivity contribution in [2.24, 2.45) is 10.2 Å². The quantitative estimate of drug-likeness (QED) is 0.121. The average Bonchev–Trinajstić information content (AvgIpc) is 3.20. The molecule has 0 saturated carbocycles. The van der Waals surface area contributed by atoms with Crippen LogP contribution in [-0.4, -0.2) is 17.3 Å². The van der Waals surface area contributed by atoms with Crippen LogP contribution in [0.5, 0.6) is 11.5 Å². The zero-order valence-electron chi connectivity index (χ0n) is 20.4. The van der Waals surface area contributed by atoms with E-state index >= 15 is 0 Å². The van der Waals surface area contributed by atoms with E-state index in [9.17, 15) is 18.5 Å². The Kier molecular flexibility index (Phi) is 5.93. The Bertz CT molecular complexity index is 1920. The Hall–Kier alpha value is -4.54. The van der Waals surface area contributed by atoms with E-state index in [4.69, 9.17) is 16.3 Å². The lowest BCUT2D eigenvalue weighted by molar-refractivity contribution is -0.384. The maximum absolute atomic E-state index is 13.6. The lowest BCUT2D eigenvalue weighted by Gasteiger charge is -2.11. The summed E-state index contributed by atoms with van der Waals surface area (Å²) in [4.78, 5) is 11.3. The first kappa shape index (κ1) is 24.8. The van der Waals surface area contributed by atoms with Gasteiger partial charge in [-0.15, -0.1) is 0 Å². The predicted molar refractivity (Wildman–Crippen MR) is 147 cm³/mol. The number of non-ortho nitro benzene ring substituents is 1. The van der Waals surface area contributed by atoms with Gasteiger partial charge in [0.15, 0.2) is 0 Å². The van der Waals surface area contributed by atoms with Crippen LogP contribution in [0, 0.1) is 17.0 Å². The zero-order valence-corrected chi connectivity index (χ0v) is 22.0. The van der Waals surface area contributed by atoms with Gasteiger partial charge >= 0.3 is 0 Å². The molecule has 11 heteroatoms. The number of hydrogen-bond donors (Lipinski definition) is 0. The van der Waals surface area contributed by atoms with E-state index < -0.39 is 14.9 Å². The van der Waals surface area contributed by atoms with Gasteiger partial charge < -0.3 is 4.74 Å². The van der Waals surface area contributed by atoms with Gasteiger partial charge in [-0.25, -0.2) is 12.4 Å². The number of ether oxygens (including phenoxy) is 1. The minimum absolute atomic E-state index is 0.0767. The maximum Gasteiger partial charge on any atom is 0.275 e. The van der Waals surface area contributed by atoms with Crippen LogP contribution in [0.3, 0.4) is 0 Å². The van der Waals surface area contributed by atoms with Crippen molar-refractivity contribution in [1.82, 2.24) is 3.97 Å². The molecule has 0 radical (unpaired) electrons. The molecule has 194 valence electrons. The molecule has 0 spiro atoms. The number of nitro groups is 1. The fraction of sp³-hybridized carbons (Fsp3) is 0.0714. The van der Waals surface area contributed by atoms with Crippen molar-refractivity contribution in [3.05, 3.63) is 117 Å². The van der Waals surface area contributed by atoms with Crippen LogP contribution in [0.2, 0.25) is 5.02 Å². The van der Waals surface area contributed by atoms with Crippen LogP contribution in [0.4, 0.5) is 17.1 Å². The zero-order chi connectivity index (χ0) is 27.3. The molecule has 1 aliphatic heterocycles. The molecule has 9 nitrogen and oxygen atoms in total. The van der Waals surface area contributed by atoms with Crippen LogP contribution in [0.15, 0.2) is 100 Å². The predicted octanol–water partition coefficient (Wildman–Crippen LogP) is 7.86. The number of hydrogen-bond acceptors (Lipinski definition) is 7. The van der Waals surface area contributed by atoms with Crippen molar-refractivity contribution >= 4 is 49.6 Å². The van der Waals surface area contributed by atoms with Crippen molar-refractivity contribution in [1.29, 1.82) is 0 Å². The minimum atomic E-state index is -4.05. The summed E-state index contributed by atoms with van der Waals surface area (Å²) >= 11 is 5.93. The van der Waals surface area contributed by atoms with Gasteiger partial charge in [0.25, 0.3) is 15.7 Å². The lowest BCUT2D eigenvalue weighted by atomic mass is 10.0. The summed E-state index contributed by atoms with van der Waals surface area (Å²) in [6.07, 6.45) is 1.82. The second-order valence-electron chi connectivity index (χ2n) is 9.11. The number of nitro benzene ring substituents is 1. The first-order valence-electron chi connectivity index (χ1n) is 11.8. The molecule has 0 fully saturated rings. The van der Waals surface area contributed by atoms with E-state index in [1.165, 1.54) is 30.5 Å². The standard InChI is InChI=1S/C28H19ClN4O5S/c1-17-2-9-24(10-3-17)39(36,37)32-16-19-12-18-13-22(31-30-21-6-4-20(29)5-7-21)8-11-26(18)38-27-15-23(33(34)35)14-25(32)28(19)27/h2-11,13-16H,12H2,1H3. The maximum atomic E-state index is 13.6. The van der Waals surface area contributed by atoms with Gasteiger partial charge in [0.05, 0.1) is 32.8 Å². The van der Waals surface area contributed by atoms with E-state index in [1.54, 1.807) is 54.6 Å². The first-order chi connectivity index (χ1) is 18.7. The monoisotopic (exact) mass is 558 g/mol. The molecule has 1 aliphatic rings. The molecule has 0 N–H and O–H groups in total. The molecule has 5 aromatic rings. The average molecular weight is 559 g/mol. The Balaban J connectivity index is 1.47. The highest BCUT2D eigenvalue weighted by molar-refractivity contribution is 7.90. The Morgan fingerprint density at radius 2 is 1.59 bits per heavy atom. The molecule has 39 heavy (non-hydrogen) atoms. The highest BCUT2D eigenvalue weighted by atomic mass is 35.5. The van der Waals surface area contributed by atoms with Gasteiger partial charge in [0.2, 0.25) is 0 Å². The molecular formula is C28H19ClN4O5S. The summed E-state index contributed by atoms with van der Waals surface area (Å²) in [5.41, 5.74) is 3.37. The molecule has 0 amide bonds. The van der Waals surface area contributed by atoms with E-state index in [1.807, 2.05) is 6.92 Å². The molecule has 2 heterocycles. The smallest absolute Gasteiger partial charge is 0.275 e. The Morgan fingerprint density at radius 3 is 2.31 bits per heavy atom. The fourth-order valence-electron chi connectivity index (χ4n) is 4.51. The van der Waals surface area contributed by atoms with Gasteiger partial charge in [-0.3, -0.25) is 10.1 Å². The largest absolute Gasteiger partial charge is 0.456 e. The Labute approximate surface area is 228 Å². The first-order valence-corrected chi connectivity index (χ1v) is 13.6. The molecule has 0 atom stereocenters. The molecule has 0 aliphatic carbocycles. The van der Waals surface area contributed by atoms with Gasteiger partial charge in [-0.1, -0.05) is 29.3 Å². The third-order valence-electron chi connectivity index (χ3n) is 6.44. The second kappa shape index (κ2) is 9.33.